The second-order valence-corrected chi connectivity index (χ2v) is 4.33. The number of carbonyl (C=O) groups is 1. The number of aromatic nitrogens is 2. The molecule has 2 rings (SSSR count). The van der Waals surface area contributed by atoms with Crippen LogP contribution in [-0.4, -0.2) is 52.0 Å². The summed E-state index contributed by atoms with van der Waals surface area (Å²) in [4.78, 5) is 20.4. The average molecular weight is 274 g/mol. The van der Waals surface area contributed by atoms with E-state index < -0.39 is 18.1 Å². The molecule has 1 aromatic rings. The van der Waals surface area contributed by atoms with Gasteiger partial charge in [0.2, 0.25) is 0 Å². The minimum absolute atomic E-state index is 0.0972. The van der Waals surface area contributed by atoms with Crippen LogP contribution in [0.5, 0.6) is 6.01 Å². The van der Waals surface area contributed by atoms with Gasteiger partial charge in [-0.05, 0) is 0 Å². The van der Waals surface area contributed by atoms with Crippen molar-refractivity contribution in [3.8, 4) is 6.01 Å². The Kier molecular flexibility index (Phi) is 3.53. The third kappa shape index (κ3) is 2.32. The van der Waals surface area contributed by atoms with Crippen LogP contribution in [0.3, 0.4) is 0 Å². The van der Waals surface area contributed by atoms with E-state index in [-0.39, 0.29) is 29.8 Å². The minimum Gasteiger partial charge on any atom is -0.480 e. The SMILES string of the molecule is COc1ncc(Cl)c(N2CC(O)CC2C(=O)O)n1. The van der Waals surface area contributed by atoms with Crippen molar-refractivity contribution in [2.24, 2.45) is 0 Å². The molecule has 1 saturated heterocycles. The number of carboxylic acids is 1. The van der Waals surface area contributed by atoms with Crippen LogP contribution in [0.2, 0.25) is 5.02 Å². The van der Waals surface area contributed by atoms with Crippen LogP contribution in [-0.2, 0) is 4.79 Å². The van der Waals surface area contributed by atoms with Crippen LogP contribution in [0.4, 0.5) is 5.82 Å². The van der Waals surface area contributed by atoms with E-state index in [1.165, 1.54) is 18.2 Å². The van der Waals surface area contributed by atoms with Crippen molar-refractivity contribution in [1.29, 1.82) is 0 Å². The highest BCUT2D eigenvalue weighted by Crippen LogP contribution is 2.31. The van der Waals surface area contributed by atoms with Gasteiger partial charge in [0, 0.05) is 13.0 Å². The maximum absolute atomic E-state index is 11.1. The molecule has 7 nitrogen and oxygen atoms in total. The van der Waals surface area contributed by atoms with E-state index in [1.54, 1.807) is 0 Å². The number of hydrogen-bond acceptors (Lipinski definition) is 6. The summed E-state index contributed by atoms with van der Waals surface area (Å²) < 4.78 is 4.87. The molecule has 0 aliphatic carbocycles. The Labute approximate surface area is 108 Å². The number of ether oxygens (including phenoxy) is 1. The molecule has 1 aliphatic heterocycles. The van der Waals surface area contributed by atoms with Gasteiger partial charge in [0.05, 0.1) is 19.4 Å². The molecule has 0 saturated carbocycles. The summed E-state index contributed by atoms with van der Waals surface area (Å²) in [7, 11) is 1.40. The lowest BCUT2D eigenvalue weighted by Gasteiger charge is -2.23. The van der Waals surface area contributed by atoms with Gasteiger partial charge >= 0.3 is 12.0 Å². The number of β-amino-alcohol motifs (C(OH)–C–C–N with tert-alkyl or cyclic N) is 1. The average Bonchev–Trinajstić information content (AvgIpc) is 2.72. The van der Waals surface area contributed by atoms with Crippen molar-refractivity contribution in [2.75, 3.05) is 18.6 Å². The number of halogens is 1. The molecule has 1 aliphatic rings. The fourth-order valence-corrected chi connectivity index (χ4v) is 2.12. The number of nitrogens with zero attached hydrogens (tertiary/aromatic N) is 3. The lowest BCUT2D eigenvalue weighted by atomic mass is 10.2. The standard InChI is InChI=1S/C10H12ClN3O4/c1-18-10-12-3-6(11)8(13-10)14-4-5(15)2-7(14)9(16)17/h3,5,7,15H,2,4H2,1H3,(H,16,17). The molecule has 0 aromatic carbocycles. The van der Waals surface area contributed by atoms with E-state index in [9.17, 15) is 9.90 Å². The van der Waals surface area contributed by atoms with Crippen molar-refractivity contribution < 1.29 is 19.7 Å². The van der Waals surface area contributed by atoms with Gasteiger partial charge in [-0.1, -0.05) is 11.6 Å². The molecule has 2 atom stereocenters. The number of rotatable bonds is 3. The maximum Gasteiger partial charge on any atom is 0.326 e. The summed E-state index contributed by atoms with van der Waals surface area (Å²) in [6.45, 7) is 0.164. The van der Waals surface area contributed by atoms with Crippen LogP contribution in [0.15, 0.2) is 6.20 Å². The van der Waals surface area contributed by atoms with Crippen molar-refractivity contribution in [2.45, 2.75) is 18.6 Å². The van der Waals surface area contributed by atoms with Crippen LogP contribution < -0.4 is 9.64 Å². The molecule has 18 heavy (non-hydrogen) atoms. The molecule has 0 spiro atoms. The second-order valence-electron chi connectivity index (χ2n) is 3.92. The summed E-state index contributed by atoms with van der Waals surface area (Å²) in [5, 5.41) is 18.9. The highest BCUT2D eigenvalue weighted by molar-refractivity contribution is 6.32. The number of hydrogen-bond donors (Lipinski definition) is 2. The summed E-state index contributed by atoms with van der Waals surface area (Å²) in [6.07, 6.45) is 0.757. The number of aliphatic hydroxyl groups excluding tert-OH is 1. The molecule has 2 unspecified atom stereocenters. The molecule has 98 valence electrons. The molecule has 0 bridgehead atoms. The molecule has 1 aromatic heterocycles. The smallest absolute Gasteiger partial charge is 0.326 e. The highest BCUT2D eigenvalue weighted by Gasteiger charge is 2.38. The molecule has 0 amide bonds. The monoisotopic (exact) mass is 273 g/mol. The van der Waals surface area contributed by atoms with Crippen molar-refractivity contribution in [3.05, 3.63) is 11.2 Å². The van der Waals surface area contributed by atoms with Crippen LogP contribution in [0.1, 0.15) is 6.42 Å². The number of carboxylic acid groups (broad SMARTS) is 1. The quantitative estimate of drug-likeness (QED) is 0.810. The predicted molar refractivity (Wildman–Crippen MR) is 63.0 cm³/mol. The molecule has 8 heteroatoms. The van der Waals surface area contributed by atoms with Gasteiger partial charge in [-0.3, -0.25) is 0 Å². The summed E-state index contributed by atoms with van der Waals surface area (Å²) >= 11 is 5.95. The fraction of sp³-hybridized carbons (Fsp3) is 0.500. The first-order chi connectivity index (χ1) is 8.52. The Morgan fingerprint density at radius 3 is 3.00 bits per heavy atom. The zero-order valence-electron chi connectivity index (χ0n) is 9.58. The zero-order chi connectivity index (χ0) is 13.3. The highest BCUT2D eigenvalue weighted by atomic mass is 35.5. The fourth-order valence-electron chi connectivity index (χ4n) is 1.92. The normalized spacial score (nSPS) is 23.2. The van der Waals surface area contributed by atoms with E-state index in [4.69, 9.17) is 21.4 Å². The Morgan fingerprint density at radius 2 is 2.39 bits per heavy atom. The summed E-state index contributed by atoms with van der Waals surface area (Å²) in [5.74, 6) is -0.771. The molecular weight excluding hydrogens is 262 g/mol. The van der Waals surface area contributed by atoms with Gasteiger partial charge < -0.3 is 19.8 Å². The molecule has 2 N–H and O–H groups in total. The van der Waals surface area contributed by atoms with Gasteiger partial charge in [-0.25, -0.2) is 9.78 Å². The lowest BCUT2D eigenvalue weighted by molar-refractivity contribution is -0.138. The maximum atomic E-state index is 11.1. The topological polar surface area (TPSA) is 95.8 Å². The van der Waals surface area contributed by atoms with Crippen molar-refractivity contribution in [3.63, 3.8) is 0 Å². The van der Waals surface area contributed by atoms with Gasteiger partial charge in [-0.15, -0.1) is 0 Å². The number of anilines is 1. The third-order valence-electron chi connectivity index (χ3n) is 2.72. The largest absolute Gasteiger partial charge is 0.480 e. The number of aliphatic hydroxyl groups is 1. The first-order valence-corrected chi connectivity index (χ1v) is 5.64. The van der Waals surface area contributed by atoms with E-state index in [2.05, 4.69) is 9.97 Å². The van der Waals surface area contributed by atoms with Gasteiger partial charge in [0.15, 0.2) is 5.82 Å². The van der Waals surface area contributed by atoms with Gasteiger partial charge in [0.1, 0.15) is 11.1 Å². The molecule has 2 heterocycles. The van der Waals surface area contributed by atoms with Gasteiger partial charge in [-0.2, -0.15) is 4.98 Å². The Hall–Kier alpha value is -1.60. The molecule has 0 radical (unpaired) electrons. The van der Waals surface area contributed by atoms with Gasteiger partial charge in [0.25, 0.3) is 0 Å². The predicted octanol–water partition coefficient (Wildman–Crippen LogP) is 0.163. The van der Waals surface area contributed by atoms with Crippen LogP contribution in [0.25, 0.3) is 0 Å². The third-order valence-corrected chi connectivity index (χ3v) is 2.99. The molecule has 1 fully saturated rings. The summed E-state index contributed by atoms with van der Waals surface area (Å²) in [5.41, 5.74) is 0. The zero-order valence-corrected chi connectivity index (χ0v) is 10.3. The Morgan fingerprint density at radius 1 is 1.67 bits per heavy atom. The summed E-state index contributed by atoms with van der Waals surface area (Å²) in [6, 6.07) is -0.753. The second kappa shape index (κ2) is 4.95. The molecular formula is C10H12ClN3O4. The Bertz CT molecular complexity index is 470. The van der Waals surface area contributed by atoms with E-state index in [0.29, 0.717) is 0 Å². The van der Waals surface area contributed by atoms with Crippen molar-refractivity contribution in [1.82, 2.24) is 9.97 Å². The van der Waals surface area contributed by atoms with E-state index in [1.807, 2.05) is 0 Å². The van der Waals surface area contributed by atoms with E-state index in [0.717, 1.165) is 0 Å². The van der Waals surface area contributed by atoms with Crippen LogP contribution >= 0.6 is 11.6 Å². The first-order valence-electron chi connectivity index (χ1n) is 5.27. The van der Waals surface area contributed by atoms with Crippen molar-refractivity contribution >= 4 is 23.4 Å². The Balaban J connectivity index is 2.37. The minimum atomic E-state index is -1.03. The first kappa shape index (κ1) is 12.8. The number of methoxy groups -OCH3 is 1. The lowest BCUT2D eigenvalue weighted by Crippen LogP contribution is -2.36. The van der Waals surface area contributed by atoms with Crippen LogP contribution in [0, 0.1) is 0 Å². The number of aliphatic carboxylic acids is 1. The van der Waals surface area contributed by atoms with E-state index >= 15 is 0 Å².